The molecule has 0 bridgehead atoms. The normalized spacial score (nSPS) is 26.0. The van der Waals surface area contributed by atoms with Crippen LogP contribution in [0.2, 0.25) is 0 Å². The number of piperidine rings is 1. The number of likely N-dealkylation sites (N-methyl/N-ethyl adjacent to an activating group) is 1. The molecule has 4 nitrogen and oxygen atoms in total. The van der Waals surface area contributed by atoms with Crippen LogP contribution in [0.1, 0.15) is 12.8 Å². The lowest BCUT2D eigenvalue weighted by molar-refractivity contribution is -0.129. The number of allylic oxidation sites excluding steroid dienone is 1. The molecule has 2 aliphatic rings. The first-order chi connectivity index (χ1) is 6.20. The van der Waals surface area contributed by atoms with Crippen molar-refractivity contribution in [2.45, 2.75) is 18.9 Å². The van der Waals surface area contributed by atoms with Gasteiger partial charge in [0, 0.05) is 20.0 Å². The molecule has 1 fully saturated rings. The van der Waals surface area contributed by atoms with E-state index in [2.05, 4.69) is 11.1 Å². The highest BCUT2D eigenvalue weighted by Crippen LogP contribution is 2.20. The molecule has 78 valence electrons. The monoisotopic (exact) mass is 215 g/mol. The number of carbonyl (C=O) groups is 1. The van der Waals surface area contributed by atoms with Gasteiger partial charge in [-0.05, 0) is 6.42 Å². The number of halogens is 1. The first-order valence-corrected chi connectivity index (χ1v) is 4.47. The molecular weight excluding hydrogens is 202 g/mol. The van der Waals surface area contributed by atoms with Crippen LogP contribution >= 0.6 is 12.4 Å². The summed E-state index contributed by atoms with van der Waals surface area (Å²) in [6, 6.07) is -0.404. The highest BCUT2D eigenvalue weighted by Gasteiger charge is 2.31. The molecule has 0 aromatic heterocycles. The van der Waals surface area contributed by atoms with Crippen molar-refractivity contribution in [2.75, 3.05) is 13.6 Å². The van der Waals surface area contributed by atoms with E-state index >= 15 is 0 Å². The van der Waals surface area contributed by atoms with Crippen molar-refractivity contribution in [3.63, 3.8) is 0 Å². The van der Waals surface area contributed by atoms with Gasteiger partial charge in [-0.25, -0.2) is 0 Å². The van der Waals surface area contributed by atoms with E-state index in [1.54, 1.807) is 11.9 Å². The molecule has 0 saturated carbocycles. The summed E-state index contributed by atoms with van der Waals surface area (Å²) >= 11 is 0. The lowest BCUT2D eigenvalue weighted by atomic mass is 9.98. The Morgan fingerprint density at radius 1 is 1.64 bits per heavy atom. The van der Waals surface area contributed by atoms with Gasteiger partial charge in [0.15, 0.2) is 0 Å². The molecule has 1 atom stereocenters. The van der Waals surface area contributed by atoms with Crippen LogP contribution in [0.15, 0.2) is 16.8 Å². The summed E-state index contributed by atoms with van der Waals surface area (Å²) in [5.74, 6) is -0.00731. The Kier molecular flexibility index (Phi) is 3.29. The van der Waals surface area contributed by atoms with Gasteiger partial charge >= 0.3 is 0 Å². The van der Waals surface area contributed by atoms with Crippen molar-refractivity contribution < 1.29 is 4.79 Å². The predicted octanol–water partition coefficient (Wildman–Crippen LogP) is 0.326. The quantitative estimate of drug-likeness (QED) is 0.633. The van der Waals surface area contributed by atoms with Gasteiger partial charge in [0.1, 0.15) is 0 Å². The largest absolute Gasteiger partial charge is 0.320 e. The van der Waals surface area contributed by atoms with E-state index < -0.39 is 6.04 Å². The second-order valence-electron chi connectivity index (χ2n) is 3.41. The van der Waals surface area contributed by atoms with E-state index in [1.165, 1.54) is 0 Å². The number of aliphatic imine (C=N–C) groups is 1. The van der Waals surface area contributed by atoms with Crippen molar-refractivity contribution in [2.24, 2.45) is 10.7 Å². The summed E-state index contributed by atoms with van der Waals surface area (Å²) in [4.78, 5) is 17.5. The molecule has 2 aliphatic heterocycles. The van der Waals surface area contributed by atoms with E-state index in [0.717, 1.165) is 24.4 Å². The van der Waals surface area contributed by atoms with Gasteiger partial charge in [-0.1, -0.05) is 6.08 Å². The fourth-order valence-electron chi connectivity index (χ4n) is 1.76. The molecule has 0 radical (unpaired) electrons. The van der Waals surface area contributed by atoms with Crippen LogP contribution in [-0.2, 0) is 4.79 Å². The van der Waals surface area contributed by atoms with Gasteiger partial charge in [-0.2, -0.15) is 0 Å². The molecule has 1 unspecified atom stereocenters. The third-order valence-corrected chi connectivity index (χ3v) is 2.49. The Labute approximate surface area is 89.3 Å². The summed E-state index contributed by atoms with van der Waals surface area (Å²) in [7, 11) is 1.76. The molecular formula is C9H14ClN3O. The Morgan fingerprint density at radius 2 is 2.36 bits per heavy atom. The molecule has 0 aromatic carbocycles. The minimum Gasteiger partial charge on any atom is -0.320 e. The zero-order chi connectivity index (χ0) is 9.42. The van der Waals surface area contributed by atoms with Crippen LogP contribution in [0.4, 0.5) is 0 Å². The fraction of sp³-hybridized carbons (Fsp3) is 0.556. The zero-order valence-corrected chi connectivity index (χ0v) is 8.88. The number of hydrogen-bond donors (Lipinski definition) is 1. The van der Waals surface area contributed by atoms with Gasteiger partial charge in [0.25, 0.3) is 0 Å². The summed E-state index contributed by atoms with van der Waals surface area (Å²) < 4.78 is 0. The maximum atomic E-state index is 11.5. The maximum absolute atomic E-state index is 11.5. The Balaban J connectivity index is 0.000000980. The van der Waals surface area contributed by atoms with Crippen molar-refractivity contribution in [1.82, 2.24) is 4.90 Å². The van der Waals surface area contributed by atoms with Crippen LogP contribution in [0.3, 0.4) is 0 Å². The standard InChI is InChI=1S/C9H13N3O.ClH/c1-12-8-3-2-4-11-7(8)5-6(10)9(12)13;/h3,6H,2,4-5,10H2,1H3;1H. The maximum Gasteiger partial charge on any atom is 0.244 e. The van der Waals surface area contributed by atoms with Crippen LogP contribution in [0, 0.1) is 0 Å². The fourth-order valence-corrected chi connectivity index (χ4v) is 1.76. The van der Waals surface area contributed by atoms with Crippen molar-refractivity contribution in [3.8, 4) is 0 Å². The predicted molar refractivity (Wildman–Crippen MR) is 57.6 cm³/mol. The van der Waals surface area contributed by atoms with E-state index in [1.807, 2.05) is 0 Å². The molecule has 0 aliphatic carbocycles. The Morgan fingerprint density at radius 3 is 3.07 bits per heavy atom. The minimum absolute atomic E-state index is 0. The van der Waals surface area contributed by atoms with Gasteiger partial charge < -0.3 is 10.6 Å². The van der Waals surface area contributed by atoms with Crippen molar-refractivity contribution in [3.05, 3.63) is 11.8 Å². The molecule has 2 rings (SSSR count). The number of rotatable bonds is 0. The zero-order valence-electron chi connectivity index (χ0n) is 8.06. The van der Waals surface area contributed by atoms with Crippen LogP contribution < -0.4 is 5.73 Å². The lowest BCUT2D eigenvalue weighted by Crippen LogP contribution is -2.49. The molecule has 0 aromatic rings. The summed E-state index contributed by atoms with van der Waals surface area (Å²) in [5.41, 5.74) is 7.62. The topological polar surface area (TPSA) is 58.7 Å². The van der Waals surface area contributed by atoms with Gasteiger partial charge in [-0.15, -0.1) is 12.4 Å². The third-order valence-electron chi connectivity index (χ3n) is 2.49. The number of likely N-dealkylation sites (tertiary alicyclic amines) is 1. The van der Waals surface area contributed by atoms with Crippen molar-refractivity contribution >= 4 is 24.0 Å². The van der Waals surface area contributed by atoms with E-state index in [-0.39, 0.29) is 18.3 Å². The van der Waals surface area contributed by atoms with Crippen molar-refractivity contribution in [1.29, 1.82) is 0 Å². The highest BCUT2D eigenvalue weighted by molar-refractivity contribution is 6.09. The molecule has 14 heavy (non-hydrogen) atoms. The van der Waals surface area contributed by atoms with Crippen LogP contribution in [-0.4, -0.2) is 36.2 Å². The van der Waals surface area contributed by atoms with E-state index in [0.29, 0.717) is 6.42 Å². The molecule has 2 heterocycles. The number of amides is 1. The minimum atomic E-state index is -0.404. The first-order valence-electron chi connectivity index (χ1n) is 4.47. The van der Waals surface area contributed by atoms with E-state index in [4.69, 9.17) is 5.73 Å². The number of hydrogen-bond acceptors (Lipinski definition) is 3. The average Bonchev–Trinajstić information content (AvgIpc) is 2.15. The number of nitrogens with two attached hydrogens (primary N) is 1. The molecule has 1 saturated heterocycles. The smallest absolute Gasteiger partial charge is 0.244 e. The molecule has 0 spiro atoms. The number of dihydropyridines is 1. The molecule has 5 heteroatoms. The average molecular weight is 216 g/mol. The molecule has 2 N–H and O–H groups in total. The number of nitrogens with zero attached hydrogens (tertiary/aromatic N) is 2. The highest BCUT2D eigenvalue weighted by atomic mass is 35.5. The second kappa shape index (κ2) is 4.11. The van der Waals surface area contributed by atoms with Crippen LogP contribution in [0.5, 0.6) is 0 Å². The summed E-state index contributed by atoms with van der Waals surface area (Å²) in [6.45, 7) is 0.827. The Hall–Kier alpha value is -0.870. The summed E-state index contributed by atoms with van der Waals surface area (Å²) in [6.07, 6.45) is 3.58. The number of fused-ring (bicyclic) bond motifs is 1. The van der Waals surface area contributed by atoms with Gasteiger partial charge in [-0.3, -0.25) is 9.79 Å². The first kappa shape index (κ1) is 11.2. The SMILES string of the molecule is CN1C(=O)C(N)CC2=NCCC=C21.Cl. The second-order valence-corrected chi connectivity index (χ2v) is 3.41. The lowest BCUT2D eigenvalue weighted by Gasteiger charge is -2.32. The number of carbonyl (C=O) groups excluding carboxylic acids is 1. The Bertz CT molecular complexity index is 311. The van der Waals surface area contributed by atoms with Crippen LogP contribution in [0.25, 0.3) is 0 Å². The third kappa shape index (κ3) is 1.67. The molecule has 1 amide bonds. The summed E-state index contributed by atoms with van der Waals surface area (Å²) in [5, 5.41) is 0. The van der Waals surface area contributed by atoms with Gasteiger partial charge in [0.05, 0.1) is 17.5 Å². The van der Waals surface area contributed by atoms with E-state index in [9.17, 15) is 4.79 Å². The van der Waals surface area contributed by atoms with Gasteiger partial charge in [0.2, 0.25) is 5.91 Å².